The minimum Gasteiger partial charge on any atom is -0.491 e. The van der Waals surface area contributed by atoms with Gasteiger partial charge in [0, 0.05) is 52.4 Å². The van der Waals surface area contributed by atoms with E-state index in [9.17, 15) is 9.90 Å². The number of carbonyl (C=O) groups excluding carboxylic acids is 1. The fourth-order valence-corrected chi connectivity index (χ4v) is 5.21. The van der Waals surface area contributed by atoms with Gasteiger partial charge < -0.3 is 19.5 Å². The number of rotatable bonds is 6. The number of β-amino-alcohol motifs (C(OH)–C–C–N with tert-alkyl or cyclic N) is 1. The van der Waals surface area contributed by atoms with E-state index in [1.807, 2.05) is 18.2 Å². The van der Waals surface area contributed by atoms with Crippen LogP contribution in [0.4, 0.5) is 0 Å². The first-order valence-electron chi connectivity index (χ1n) is 12.5. The van der Waals surface area contributed by atoms with Crippen LogP contribution >= 0.6 is 0 Å². The number of nitrogens with zero attached hydrogens (tertiary/aromatic N) is 3. The molecule has 0 saturated carbocycles. The maximum absolute atomic E-state index is 13.3. The van der Waals surface area contributed by atoms with Gasteiger partial charge in [0.25, 0.3) is 5.91 Å². The second-order valence-corrected chi connectivity index (χ2v) is 9.58. The predicted molar refractivity (Wildman–Crippen MR) is 130 cm³/mol. The lowest BCUT2D eigenvalue weighted by Gasteiger charge is -2.32. The molecule has 0 spiro atoms. The molecule has 0 aromatic heterocycles. The van der Waals surface area contributed by atoms with Crippen LogP contribution in [0.15, 0.2) is 42.5 Å². The quantitative estimate of drug-likeness (QED) is 0.706. The van der Waals surface area contributed by atoms with Crippen molar-refractivity contribution in [2.45, 2.75) is 32.0 Å². The zero-order valence-corrected chi connectivity index (χ0v) is 19.8. The molecule has 2 aromatic rings. The molecular weight excluding hydrogens is 430 g/mol. The summed E-state index contributed by atoms with van der Waals surface area (Å²) in [5.74, 6) is 0.587. The molecular formula is C27H35N3O4. The van der Waals surface area contributed by atoms with Gasteiger partial charge in [0.2, 0.25) is 0 Å². The average Bonchev–Trinajstić information content (AvgIpc) is 3.19. The molecule has 1 amide bonds. The highest BCUT2D eigenvalue weighted by Gasteiger charge is 2.27. The van der Waals surface area contributed by atoms with Crippen LogP contribution in [0.5, 0.6) is 5.75 Å². The minimum atomic E-state index is -0.597. The van der Waals surface area contributed by atoms with E-state index >= 15 is 0 Å². The van der Waals surface area contributed by atoms with Gasteiger partial charge in [-0.05, 0) is 41.7 Å². The Morgan fingerprint density at radius 2 is 1.79 bits per heavy atom. The van der Waals surface area contributed by atoms with Crippen molar-refractivity contribution in [1.29, 1.82) is 0 Å². The topological polar surface area (TPSA) is 65.5 Å². The van der Waals surface area contributed by atoms with Crippen molar-refractivity contribution in [3.8, 4) is 5.75 Å². The number of ether oxygens (including phenoxy) is 2. The molecule has 1 fully saturated rings. The Morgan fingerprint density at radius 1 is 0.912 bits per heavy atom. The molecule has 1 atom stereocenters. The molecule has 182 valence electrons. The third-order valence-electron chi connectivity index (χ3n) is 7.01. The molecule has 0 bridgehead atoms. The molecule has 3 aliphatic heterocycles. The summed E-state index contributed by atoms with van der Waals surface area (Å²) in [4.78, 5) is 19.7. The van der Waals surface area contributed by atoms with E-state index in [1.54, 1.807) is 4.90 Å². The predicted octanol–water partition coefficient (Wildman–Crippen LogP) is 2.16. The lowest BCUT2D eigenvalue weighted by Crippen LogP contribution is -2.44. The first kappa shape index (κ1) is 23.3. The fraction of sp³-hybridized carbons (Fsp3) is 0.519. The molecule has 0 aliphatic carbocycles. The Labute approximate surface area is 201 Å². The summed E-state index contributed by atoms with van der Waals surface area (Å²) in [7, 11) is 0. The Hall–Kier alpha value is -2.45. The summed E-state index contributed by atoms with van der Waals surface area (Å²) in [6, 6.07) is 14.4. The van der Waals surface area contributed by atoms with E-state index in [-0.39, 0.29) is 5.91 Å². The molecule has 7 nitrogen and oxygen atoms in total. The molecule has 0 unspecified atom stereocenters. The van der Waals surface area contributed by atoms with E-state index in [0.717, 1.165) is 64.3 Å². The Kier molecular flexibility index (Phi) is 7.45. The van der Waals surface area contributed by atoms with Crippen LogP contribution in [0.1, 0.15) is 33.5 Å². The molecule has 3 aliphatic rings. The molecule has 0 radical (unpaired) electrons. The highest BCUT2D eigenvalue weighted by atomic mass is 16.5. The van der Waals surface area contributed by atoms with Gasteiger partial charge in [-0.2, -0.15) is 0 Å². The standard InChI is InChI=1S/C27H35N3O4/c31-24(19-29-10-8-22-4-1-2-5-23(22)18-29)20-30-12-15-34-26-16-21(6-7-25(26)27(30)32)17-28-9-3-13-33-14-11-28/h1-2,4-7,16,24,31H,3,8-15,17-20H2/t24-/m1/s1. The lowest BCUT2D eigenvalue weighted by atomic mass is 10.00. The number of amides is 1. The summed E-state index contributed by atoms with van der Waals surface area (Å²) in [6.45, 7) is 7.92. The van der Waals surface area contributed by atoms with Crippen LogP contribution < -0.4 is 4.74 Å². The van der Waals surface area contributed by atoms with Gasteiger partial charge in [0.15, 0.2) is 0 Å². The molecule has 1 N–H and O–H groups in total. The average molecular weight is 466 g/mol. The molecule has 7 heteroatoms. The zero-order valence-electron chi connectivity index (χ0n) is 19.8. The Bertz CT molecular complexity index is 990. The second-order valence-electron chi connectivity index (χ2n) is 9.58. The van der Waals surface area contributed by atoms with Gasteiger partial charge in [0.05, 0.1) is 24.8 Å². The van der Waals surface area contributed by atoms with Crippen molar-refractivity contribution in [2.75, 3.05) is 59.1 Å². The zero-order chi connectivity index (χ0) is 23.3. The van der Waals surface area contributed by atoms with Gasteiger partial charge in [-0.25, -0.2) is 0 Å². The summed E-state index contributed by atoms with van der Waals surface area (Å²) in [5, 5.41) is 10.8. The lowest BCUT2D eigenvalue weighted by molar-refractivity contribution is 0.0501. The number of benzene rings is 2. The molecule has 2 aromatic carbocycles. The SMILES string of the molecule is O=C1c2ccc(CN3CCCOCC3)cc2OCCN1C[C@H](O)CN1CCc2ccccc2C1. The van der Waals surface area contributed by atoms with Gasteiger partial charge in [-0.15, -0.1) is 0 Å². The van der Waals surface area contributed by atoms with Crippen LogP contribution in [0, 0.1) is 0 Å². The number of aliphatic hydroxyl groups is 1. The molecule has 5 rings (SSSR count). The minimum absolute atomic E-state index is 0.0646. The van der Waals surface area contributed by atoms with Crippen molar-refractivity contribution in [2.24, 2.45) is 0 Å². The van der Waals surface area contributed by atoms with Gasteiger partial charge >= 0.3 is 0 Å². The highest BCUT2D eigenvalue weighted by Crippen LogP contribution is 2.26. The second kappa shape index (κ2) is 10.9. The van der Waals surface area contributed by atoms with E-state index in [0.29, 0.717) is 37.6 Å². The Morgan fingerprint density at radius 3 is 2.71 bits per heavy atom. The Balaban J connectivity index is 1.19. The largest absolute Gasteiger partial charge is 0.491 e. The maximum atomic E-state index is 13.3. The van der Waals surface area contributed by atoms with Crippen molar-refractivity contribution >= 4 is 5.91 Å². The van der Waals surface area contributed by atoms with Crippen molar-refractivity contribution in [3.05, 3.63) is 64.7 Å². The molecule has 3 heterocycles. The van der Waals surface area contributed by atoms with Gasteiger partial charge in [-0.1, -0.05) is 30.3 Å². The van der Waals surface area contributed by atoms with Crippen LogP contribution in [0.2, 0.25) is 0 Å². The summed E-state index contributed by atoms with van der Waals surface area (Å²) in [5.41, 5.74) is 4.46. The number of carbonyl (C=O) groups is 1. The number of hydrogen-bond acceptors (Lipinski definition) is 6. The maximum Gasteiger partial charge on any atom is 0.257 e. The first-order valence-corrected chi connectivity index (χ1v) is 12.5. The highest BCUT2D eigenvalue weighted by molar-refractivity contribution is 5.97. The van der Waals surface area contributed by atoms with Crippen molar-refractivity contribution < 1.29 is 19.4 Å². The van der Waals surface area contributed by atoms with Crippen molar-refractivity contribution in [1.82, 2.24) is 14.7 Å². The monoisotopic (exact) mass is 465 g/mol. The van der Waals surface area contributed by atoms with E-state index < -0.39 is 6.10 Å². The third-order valence-corrected chi connectivity index (χ3v) is 7.01. The van der Waals surface area contributed by atoms with Crippen molar-refractivity contribution in [3.63, 3.8) is 0 Å². The summed E-state index contributed by atoms with van der Waals surface area (Å²) in [6.07, 6.45) is 1.45. The van der Waals surface area contributed by atoms with Crippen LogP contribution in [-0.4, -0.2) is 90.9 Å². The van der Waals surface area contributed by atoms with Crippen LogP contribution in [-0.2, 0) is 24.2 Å². The smallest absolute Gasteiger partial charge is 0.257 e. The number of fused-ring (bicyclic) bond motifs is 2. The van der Waals surface area contributed by atoms with Gasteiger partial charge in [-0.3, -0.25) is 14.6 Å². The summed E-state index contributed by atoms with van der Waals surface area (Å²) >= 11 is 0. The molecule has 34 heavy (non-hydrogen) atoms. The first-order chi connectivity index (χ1) is 16.7. The van der Waals surface area contributed by atoms with E-state index in [1.165, 1.54) is 11.1 Å². The molecule has 1 saturated heterocycles. The normalized spacial score (nSPS) is 20.6. The number of hydrogen-bond donors (Lipinski definition) is 1. The fourth-order valence-electron chi connectivity index (χ4n) is 5.21. The number of aliphatic hydroxyl groups excluding tert-OH is 1. The third kappa shape index (κ3) is 5.61. The summed E-state index contributed by atoms with van der Waals surface area (Å²) < 4.78 is 11.5. The van der Waals surface area contributed by atoms with E-state index in [2.05, 4.69) is 34.1 Å². The van der Waals surface area contributed by atoms with Crippen LogP contribution in [0.25, 0.3) is 0 Å². The van der Waals surface area contributed by atoms with E-state index in [4.69, 9.17) is 9.47 Å². The van der Waals surface area contributed by atoms with Gasteiger partial charge in [0.1, 0.15) is 12.4 Å². The van der Waals surface area contributed by atoms with Crippen LogP contribution in [0.3, 0.4) is 0 Å².